The van der Waals surface area contributed by atoms with Crippen molar-refractivity contribution in [3.8, 4) is 0 Å². The van der Waals surface area contributed by atoms with Gasteiger partial charge in [0.05, 0.1) is 11.4 Å². The zero-order valence-electron chi connectivity index (χ0n) is 11.4. The first kappa shape index (κ1) is 14.5. The summed E-state index contributed by atoms with van der Waals surface area (Å²) in [7, 11) is 3.92. The molecule has 0 aliphatic rings. The van der Waals surface area contributed by atoms with Crippen LogP contribution in [0.15, 0.2) is 24.3 Å². The van der Waals surface area contributed by atoms with Crippen molar-refractivity contribution in [3.05, 3.63) is 24.3 Å². The van der Waals surface area contributed by atoms with Crippen molar-refractivity contribution in [2.24, 2.45) is 11.7 Å². The van der Waals surface area contributed by atoms with E-state index in [9.17, 15) is 4.79 Å². The monoisotopic (exact) mass is 249 g/mol. The summed E-state index contributed by atoms with van der Waals surface area (Å²) < 4.78 is 0. The minimum absolute atomic E-state index is 0.0293. The molecule has 4 nitrogen and oxygen atoms in total. The Morgan fingerprint density at radius 1 is 1.39 bits per heavy atom. The average Bonchev–Trinajstić information content (AvgIpc) is 2.36. The molecule has 0 spiro atoms. The third-order valence-corrected chi connectivity index (χ3v) is 3.04. The van der Waals surface area contributed by atoms with E-state index < -0.39 is 0 Å². The van der Waals surface area contributed by atoms with E-state index in [1.165, 1.54) is 0 Å². The second kappa shape index (κ2) is 7.01. The van der Waals surface area contributed by atoms with Crippen LogP contribution in [0.1, 0.15) is 19.8 Å². The van der Waals surface area contributed by atoms with Gasteiger partial charge in [-0.05, 0) is 24.6 Å². The van der Waals surface area contributed by atoms with Gasteiger partial charge in [-0.3, -0.25) is 4.79 Å². The molecule has 0 heterocycles. The van der Waals surface area contributed by atoms with Crippen molar-refractivity contribution in [3.63, 3.8) is 0 Å². The summed E-state index contributed by atoms with van der Waals surface area (Å²) in [5.41, 5.74) is 7.47. The average molecular weight is 249 g/mol. The number of rotatable bonds is 6. The lowest BCUT2D eigenvalue weighted by atomic mass is 10.0. The lowest BCUT2D eigenvalue weighted by molar-refractivity contribution is -0.117. The Bertz CT molecular complexity index is 386. The predicted octanol–water partition coefficient (Wildman–Crippen LogP) is 2.07. The molecule has 3 N–H and O–H groups in total. The van der Waals surface area contributed by atoms with Crippen LogP contribution < -0.4 is 16.0 Å². The maximum atomic E-state index is 11.9. The van der Waals surface area contributed by atoms with Gasteiger partial charge in [-0.25, -0.2) is 0 Å². The second-order valence-electron chi connectivity index (χ2n) is 4.67. The lowest BCUT2D eigenvalue weighted by Gasteiger charge is -2.18. The first-order valence-electron chi connectivity index (χ1n) is 6.34. The van der Waals surface area contributed by atoms with Gasteiger partial charge in [-0.15, -0.1) is 0 Å². The largest absolute Gasteiger partial charge is 0.376 e. The molecule has 0 saturated carbocycles. The molecule has 0 radical (unpaired) electrons. The number of amides is 1. The van der Waals surface area contributed by atoms with Crippen molar-refractivity contribution in [1.29, 1.82) is 0 Å². The van der Waals surface area contributed by atoms with E-state index in [1.54, 1.807) is 0 Å². The molecule has 0 fully saturated rings. The number of para-hydroxylation sites is 2. The SMILES string of the molecule is CCC(CN)CC(=O)Nc1ccccc1N(C)C. The van der Waals surface area contributed by atoms with Gasteiger partial charge in [0.15, 0.2) is 0 Å². The van der Waals surface area contributed by atoms with Gasteiger partial charge in [0, 0.05) is 20.5 Å². The van der Waals surface area contributed by atoms with Crippen LogP contribution in [-0.2, 0) is 4.79 Å². The van der Waals surface area contributed by atoms with E-state index in [2.05, 4.69) is 12.2 Å². The highest BCUT2D eigenvalue weighted by molar-refractivity contribution is 5.94. The normalized spacial score (nSPS) is 12.0. The molecule has 0 bridgehead atoms. The number of carbonyl (C=O) groups is 1. The number of anilines is 2. The highest BCUT2D eigenvalue weighted by Crippen LogP contribution is 2.23. The second-order valence-corrected chi connectivity index (χ2v) is 4.67. The molecule has 18 heavy (non-hydrogen) atoms. The van der Waals surface area contributed by atoms with Gasteiger partial charge >= 0.3 is 0 Å². The van der Waals surface area contributed by atoms with Crippen LogP contribution in [-0.4, -0.2) is 26.5 Å². The molecule has 4 heteroatoms. The Balaban J connectivity index is 2.70. The van der Waals surface area contributed by atoms with Crippen LogP contribution >= 0.6 is 0 Å². The van der Waals surface area contributed by atoms with E-state index in [0.717, 1.165) is 17.8 Å². The van der Waals surface area contributed by atoms with Crippen LogP contribution in [0.3, 0.4) is 0 Å². The van der Waals surface area contributed by atoms with E-state index in [1.807, 2.05) is 43.3 Å². The van der Waals surface area contributed by atoms with Crippen molar-refractivity contribution in [1.82, 2.24) is 0 Å². The maximum absolute atomic E-state index is 11.9. The summed E-state index contributed by atoms with van der Waals surface area (Å²) in [6, 6.07) is 7.77. The first-order chi connectivity index (χ1) is 8.58. The molecule has 1 atom stereocenters. The Labute approximate surface area is 109 Å². The predicted molar refractivity (Wildman–Crippen MR) is 76.9 cm³/mol. The highest BCUT2D eigenvalue weighted by atomic mass is 16.1. The van der Waals surface area contributed by atoms with Gasteiger partial charge in [-0.1, -0.05) is 25.5 Å². The minimum Gasteiger partial charge on any atom is -0.376 e. The van der Waals surface area contributed by atoms with Crippen LogP contribution in [0.2, 0.25) is 0 Å². The van der Waals surface area contributed by atoms with Crippen LogP contribution in [0, 0.1) is 5.92 Å². The third kappa shape index (κ3) is 4.04. The third-order valence-electron chi connectivity index (χ3n) is 3.04. The molecule has 0 saturated heterocycles. The number of carbonyl (C=O) groups excluding carboxylic acids is 1. The number of hydrogen-bond acceptors (Lipinski definition) is 3. The van der Waals surface area contributed by atoms with E-state index in [0.29, 0.717) is 13.0 Å². The van der Waals surface area contributed by atoms with E-state index in [-0.39, 0.29) is 11.8 Å². The number of nitrogens with one attached hydrogen (secondary N) is 1. The summed E-state index contributed by atoms with van der Waals surface area (Å²) >= 11 is 0. The fourth-order valence-electron chi connectivity index (χ4n) is 1.83. The summed E-state index contributed by atoms with van der Waals surface area (Å²) in [6.07, 6.45) is 1.41. The first-order valence-corrected chi connectivity index (χ1v) is 6.34. The highest BCUT2D eigenvalue weighted by Gasteiger charge is 2.12. The van der Waals surface area contributed by atoms with Gasteiger partial charge < -0.3 is 16.0 Å². The number of nitrogens with two attached hydrogens (primary N) is 1. The quantitative estimate of drug-likeness (QED) is 0.811. The molecule has 1 unspecified atom stereocenters. The molecule has 1 rings (SSSR count). The minimum atomic E-state index is 0.0293. The van der Waals surface area contributed by atoms with Crippen LogP contribution in [0.4, 0.5) is 11.4 Å². The summed E-state index contributed by atoms with van der Waals surface area (Å²) in [5.74, 6) is 0.290. The number of benzene rings is 1. The van der Waals surface area contributed by atoms with Gasteiger partial charge in [0.25, 0.3) is 0 Å². The molecule has 0 aromatic heterocycles. The Hall–Kier alpha value is -1.55. The maximum Gasteiger partial charge on any atom is 0.224 e. The molecule has 1 aromatic rings. The van der Waals surface area contributed by atoms with Gasteiger partial charge in [-0.2, -0.15) is 0 Å². The van der Waals surface area contributed by atoms with Gasteiger partial charge in [0.1, 0.15) is 0 Å². The van der Waals surface area contributed by atoms with Crippen molar-refractivity contribution >= 4 is 17.3 Å². The molecule has 1 amide bonds. The standard InChI is InChI=1S/C14H23N3O/c1-4-11(10-15)9-14(18)16-12-7-5-6-8-13(12)17(2)3/h5-8,11H,4,9-10,15H2,1-3H3,(H,16,18). The molecular formula is C14H23N3O. The summed E-state index contributed by atoms with van der Waals surface area (Å²) in [6.45, 7) is 2.61. The zero-order valence-corrected chi connectivity index (χ0v) is 11.4. The van der Waals surface area contributed by atoms with E-state index >= 15 is 0 Å². The Morgan fingerprint density at radius 2 is 2.06 bits per heavy atom. The molecule has 1 aromatic carbocycles. The number of nitrogens with zero attached hydrogens (tertiary/aromatic N) is 1. The lowest BCUT2D eigenvalue weighted by Crippen LogP contribution is -2.22. The van der Waals surface area contributed by atoms with Crippen molar-refractivity contribution in [2.75, 3.05) is 30.9 Å². The molecule has 0 aliphatic carbocycles. The fraction of sp³-hybridized carbons (Fsp3) is 0.500. The topological polar surface area (TPSA) is 58.4 Å². The van der Waals surface area contributed by atoms with Crippen LogP contribution in [0.5, 0.6) is 0 Å². The molecule has 100 valence electrons. The smallest absolute Gasteiger partial charge is 0.224 e. The Kier molecular flexibility index (Phi) is 5.65. The number of hydrogen-bond donors (Lipinski definition) is 2. The van der Waals surface area contributed by atoms with Gasteiger partial charge in [0.2, 0.25) is 5.91 Å². The molecular weight excluding hydrogens is 226 g/mol. The van der Waals surface area contributed by atoms with Crippen LogP contribution in [0.25, 0.3) is 0 Å². The zero-order chi connectivity index (χ0) is 13.5. The fourth-order valence-corrected chi connectivity index (χ4v) is 1.83. The summed E-state index contributed by atoms with van der Waals surface area (Å²) in [5, 5.41) is 2.95. The molecule has 0 aliphatic heterocycles. The van der Waals surface area contributed by atoms with Crippen molar-refractivity contribution in [2.45, 2.75) is 19.8 Å². The summed E-state index contributed by atoms with van der Waals surface area (Å²) in [4.78, 5) is 13.9. The van der Waals surface area contributed by atoms with E-state index in [4.69, 9.17) is 5.73 Å². The van der Waals surface area contributed by atoms with Crippen molar-refractivity contribution < 1.29 is 4.79 Å². The Morgan fingerprint density at radius 3 is 2.61 bits per heavy atom.